The summed E-state index contributed by atoms with van der Waals surface area (Å²) < 4.78 is 5.98. The van der Waals surface area contributed by atoms with Gasteiger partial charge in [0, 0.05) is 35.3 Å². The number of aryl methyl sites for hydroxylation is 1. The van der Waals surface area contributed by atoms with Crippen LogP contribution < -0.4 is 5.32 Å². The number of rotatable bonds is 4. The Balaban J connectivity index is 1.27. The summed E-state index contributed by atoms with van der Waals surface area (Å²) in [6.45, 7) is 4.65. The van der Waals surface area contributed by atoms with Gasteiger partial charge in [-0.1, -0.05) is 30.7 Å². The summed E-state index contributed by atoms with van der Waals surface area (Å²) in [5.41, 5.74) is 3.66. The Kier molecular flexibility index (Phi) is 5.83. The normalized spacial score (nSPS) is 24.2. The van der Waals surface area contributed by atoms with Gasteiger partial charge in [-0.25, -0.2) is 4.79 Å². The molecule has 7 heteroatoms. The number of hydrogen-bond acceptors (Lipinski definition) is 6. The van der Waals surface area contributed by atoms with Gasteiger partial charge in [0.2, 0.25) is 0 Å². The molecule has 0 unspecified atom stereocenters. The molecular weight excluding hydrogens is 418 g/mol. The molecule has 1 N–H and O–H groups in total. The Morgan fingerprint density at radius 2 is 1.91 bits per heavy atom. The molecule has 0 amide bonds. The minimum atomic E-state index is -0.461. The summed E-state index contributed by atoms with van der Waals surface area (Å²) in [7, 11) is 0. The first-order valence-corrected chi connectivity index (χ1v) is 12.0. The second-order valence-electron chi connectivity index (χ2n) is 9.77. The molecule has 2 atom stereocenters. The average molecular weight is 450 g/mol. The third kappa shape index (κ3) is 4.10. The molecule has 2 heterocycles. The summed E-state index contributed by atoms with van der Waals surface area (Å²) >= 11 is 0. The molecule has 1 spiro atoms. The van der Waals surface area contributed by atoms with E-state index in [9.17, 15) is 14.9 Å². The van der Waals surface area contributed by atoms with E-state index in [0.717, 1.165) is 58.2 Å². The molecule has 7 nitrogen and oxygen atoms in total. The molecule has 2 fully saturated rings. The lowest BCUT2D eigenvalue weighted by Gasteiger charge is -2.46. The van der Waals surface area contributed by atoms with Crippen molar-refractivity contribution in [3.8, 4) is 0 Å². The van der Waals surface area contributed by atoms with Crippen molar-refractivity contribution in [2.75, 3.05) is 25.0 Å². The van der Waals surface area contributed by atoms with Crippen molar-refractivity contribution in [3.63, 3.8) is 0 Å². The van der Waals surface area contributed by atoms with Crippen LogP contribution in [-0.2, 0) is 10.2 Å². The number of likely N-dealkylation sites (tertiary alicyclic amines) is 1. The minimum absolute atomic E-state index is 0.0450. The number of piperidine rings is 1. The van der Waals surface area contributed by atoms with Crippen molar-refractivity contribution >= 4 is 17.3 Å². The van der Waals surface area contributed by atoms with Gasteiger partial charge in [-0.2, -0.15) is 0 Å². The van der Waals surface area contributed by atoms with Gasteiger partial charge >= 0.3 is 5.97 Å². The highest BCUT2D eigenvalue weighted by molar-refractivity contribution is 5.90. The zero-order chi connectivity index (χ0) is 23.0. The molecule has 2 aliphatic heterocycles. The zero-order valence-corrected chi connectivity index (χ0v) is 19.1. The van der Waals surface area contributed by atoms with Crippen LogP contribution in [0.3, 0.4) is 0 Å². The number of nitrogens with zero attached hydrogens (tertiary/aromatic N) is 2. The van der Waals surface area contributed by atoms with E-state index in [1.165, 1.54) is 17.3 Å². The van der Waals surface area contributed by atoms with E-state index < -0.39 is 10.9 Å². The zero-order valence-electron chi connectivity index (χ0n) is 19.1. The molecule has 5 rings (SSSR count). The third-order valence-electron chi connectivity index (χ3n) is 7.91. The second kappa shape index (κ2) is 8.78. The van der Waals surface area contributed by atoms with Crippen LogP contribution in [0.15, 0.2) is 42.5 Å². The Bertz CT molecular complexity index is 1060. The first kappa shape index (κ1) is 21.9. The number of nitrogens with one attached hydrogen (secondary N) is 1. The highest BCUT2D eigenvalue weighted by Crippen LogP contribution is 2.44. The Morgan fingerprint density at radius 1 is 1.15 bits per heavy atom. The third-order valence-corrected chi connectivity index (χ3v) is 7.91. The molecule has 1 saturated heterocycles. The van der Waals surface area contributed by atoms with Crippen LogP contribution in [0.2, 0.25) is 0 Å². The van der Waals surface area contributed by atoms with Crippen LogP contribution >= 0.6 is 0 Å². The van der Waals surface area contributed by atoms with Crippen molar-refractivity contribution in [3.05, 3.63) is 69.3 Å². The van der Waals surface area contributed by atoms with E-state index in [1.54, 1.807) is 19.1 Å². The Hall–Kier alpha value is -2.93. The van der Waals surface area contributed by atoms with Crippen molar-refractivity contribution in [2.45, 2.75) is 63.0 Å². The number of carbonyl (C=O) groups is 1. The summed E-state index contributed by atoms with van der Waals surface area (Å²) in [5.74, 6) is -0.461. The number of benzene rings is 2. The molecule has 0 bridgehead atoms. The van der Waals surface area contributed by atoms with Crippen molar-refractivity contribution in [1.82, 2.24) is 4.90 Å². The quantitative estimate of drug-likeness (QED) is 0.409. The predicted octanol–water partition coefficient (Wildman–Crippen LogP) is 4.83. The van der Waals surface area contributed by atoms with Crippen LogP contribution in [0.25, 0.3) is 0 Å². The van der Waals surface area contributed by atoms with Gasteiger partial charge in [0.25, 0.3) is 5.69 Å². The number of esters is 1. The van der Waals surface area contributed by atoms with E-state index in [0.29, 0.717) is 5.56 Å². The molecule has 174 valence electrons. The summed E-state index contributed by atoms with van der Waals surface area (Å²) in [6, 6.07) is 13.4. The lowest BCUT2D eigenvalue weighted by Crippen LogP contribution is -2.53. The second-order valence-corrected chi connectivity index (χ2v) is 9.77. The summed E-state index contributed by atoms with van der Waals surface area (Å²) in [6.07, 6.45) is 6.06. The first-order chi connectivity index (χ1) is 16.0. The van der Waals surface area contributed by atoms with Crippen molar-refractivity contribution < 1.29 is 14.5 Å². The van der Waals surface area contributed by atoms with Crippen molar-refractivity contribution in [2.24, 2.45) is 0 Å². The highest BCUT2D eigenvalue weighted by atomic mass is 16.6. The number of para-hydroxylation sites is 1. The predicted molar refractivity (Wildman–Crippen MR) is 127 cm³/mol. The highest BCUT2D eigenvalue weighted by Gasteiger charge is 2.44. The summed E-state index contributed by atoms with van der Waals surface area (Å²) in [4.78, 5) is 26.2. The first-order valence-electron chi connectivity index (χ1n) is 12.0. The number of ether oxygens (including phenoxy) is 1. The molecule has 33 heavy (non-hydrogen) atoms. The van der Waals surface area contributed by atoms with Gasteiger partial charge in [0.05, 0.1) is 10.5 Å². The maximum atomic E-state index is 12.9. The smallest absolute Gasteiger partial charge is 0.338 e. The molecule has 3 aliphatic rings. The van der Waals surface area contributed by atoms with Gasteiger partial charge in [0.1, 0.15) is 6.10 Å². The van der Waals surface area contributed by atoms with Crippen LogP contribution in [0.5, 0.6) is 0 Å². The minimum Gasteiger partial charge on any atom is -0.457 e. The van der Waals surface area contributed by atoms with Crippen molar-refractivity contribution in [1.29, 1.82) is 0 Å². The van der Waals surface area contributed by atoms with Crippen LogP contribution in [0, 0.1) is 17.0 Å². The van der Waals surface area contributed by atoms with Gasteiger partial charge in [-0.3, -0.25) is 15.0 Å². The standard InChI is InChI=1S/C26H31N3O4/c1-18-10-11-19(16-23(18)29(31)32)25(30)33-24-9-5-4-8-22(24)28-14-12-26(13-15-28)17-27-21-7-3-2-6-20(21)26/h2-3,6-7,10-11,16,22,24,27H,4-5,8-9,12-15,17H2,1H3/t22-,24+/m0/s1. The van der Waals surface area contributed by atoms with Gasteiger partial charge in [-0.05, 0) is 69.8 Å². The fraction of sp³-hybridized carbons (Fsp3) is 0.500. The number of carbonyl (C=O) groups excluding carboxylic acids is 1. The number of hydrogen-bond donors (Lipinski definition) is 1. The maximum Gasteiger partial charge on any atom is 0.338 e. The largest absolute Gasteiger partial charge is 0.457 e. The lowest BCUT2D eigenvalue weighted by atomic mass is 9.73. The molecule has 2 aromatic carbocycles. The molecule has 0 radical (unpaired) electrons. The van der Waals surface area contributed by atoms with E-state index >= 15 is 0 Å². The van der Waals surface area contributed by atoms with Gasteiger partial charge in [-0.15, -0.1) is 0 Å². The van der Waals surface area contributed by atoms with Crippen LogP contribution in [-0.4, -0.2) is 47.6 Å². The fourth-order valence-electron chi connectivity index (χ4n) is 5.96. The number of nitro benzene ring substituents is 1. The number of anilines is 1. The van der Waals surface area contributed by atoms with E-state index in [-0.39, 0.29) is 28.8 Å². The Labute approximate surface area is 194 Å². The molecule has 1 aliphatic carbocycles. The fourth-order valence-corrected chi connectivity index (χ4v) is 5.96. The monoisotopic (exact) mass is 449 g/mol. The molecule has 2 aromatic rings. The summed E-state index contributed by atoms with van der Waals surface area (Å²) in [5, 5.41) is 14.9. The Morgan fingerprint density at radius 3 is 2.70 bits per heavy atom. The average Bonchev–Trinajstić information content (AvgIpc) is 3.18. The maximum absolute atomic E-state index is 12.9. The number of fused-ring (bicyclic) bond motifs is 2. The number of nitro groups is 1. The van der Waals surface area contributed by atoms with E-state index in [4.69, 9.17) is 4.74 Å². The molecule has 0 aromatic heterocycles. The SMILES string of the molecule is Cc1ccc(C(=O)O[C@@H]2CCCC[C@@H]2N2CCC3(CC2)CNc2ccccc23)cc1[N+](=O)[O-]. The van der Waals surface area contributed by atoms with Gasteiger partial charge in [0.15, 0.2) is 0 Å². The lowest BCUT2D eigenvalue weighted by molar-refractivity contribution is -0.385. The van der Waals surface area contributed by atoms with Crippen LogP contribution in [0.4, 0.5) is 11.4 Å². The van der Waals surface area contributed by atoms with Gasteiger partial charge < -0.3 is 10.1 Å². The topological polar surface area (TPSA) is 84.7 Å². The molecule has 1 saturated carbocycles. The van der Waals surface area contributed by atoms with E-state index in [2.05, 4.69) is 34.5 Å². The van der Waals surface area contributed by atoms with E-state index in [1.807, 2.05) is 0 Å². The molecular formula is C26H31N3O4. The van der Waals surface area contributed by atoms with Crippen LogP contribution in [0.1, 0.15) is 60.0 Å².